The summed E-state index contributed by atoms with van der Waals surface area (Å²) in [6, 6.07) is 27.4. The summed E-state index contributed by atoms with van der Waals surface area (Å²) in [5, 5.41) is 0. The Morgan fingerprint density at radius 2 is 1.24 bits per heavy atom. The fraction of sp³-hybridized carbons (Fsp3) is 0.0714. The lowest BCUT2D eigenvalue weighted by Gasteiger charge is -2.03. The van der Waals surface area contributed by atoms with Crippen LogP contribution in [0, 0.1) is 11.6 Å². The van der Waals surface area contributed by atoms with Crippen LogP contribution in [0.15, 0.2) is 105 Å². The number of aromatic nitrogens is 2. The van der Waals surface area contributed by atoms with E-state index in [0.717, 1.165) is 22.5 Å². The molecule has 6 aromatic rings. The van der Waals surface area contributed by atoms with Crippen molar-refractivity contribution in [3.05, 3.63) is 123 Å². The first kappa shape index (κ1) is 27.7. The van der Waals surface area contributed by atoms with E-state index in [9.17, 15) is 8.78 Å². The van der Waals surface area contributed by atoms with Gasteiger partial charge in [0.1, 0.15) is 0 Å². The van der Waals surface area contributed by atoms with E-state index in [1.54, 1.807) is 23.2 Å². The standard InChI is InChI=1S/C14H10FNS2.C7H3BrFNS.C7H8S/c15-13-12(7-6-11-14(13)18-9-16-11)17-8-10-4-2-1-3-5-10;8-4-1-2-5-7(6(4)9)11-3-10-5;8-6-7-4-2-1-3-5-7/h1-7,9H,8H2;1-3H;1-5,8H,6H2. The normalized spacial score (nSPS) is 10.5. The van der Waals surface area contributed by atoms with Crippen LogP contribution in [0.2, 0.25) is 0 Å². The molecule has 0 amide bonds. The fourth-order valence-electron chi connectivity index (χ4n) is 3.18. The van der Waals surface area contributed by atoms with E-state index < -0.39 is 0 Å². The lowest BCUT2D eigenvalue weighted by atomic mass is 10.2. The average molecular weight is 632 g/mol. The fourth-order valence-corrected chi connectivity index (χ4v) is 6.28. The number of hydrogen-bond acceptors (Lipinski definition) is 6. The Morgan fingerprint density at radius 3 is 1.81 bits per heavy atom. The molecule has 4 aromatic carbocycles. The Morgan fingerprint density at radius 1 is 0.703 bits per heavy atom. The maximum atomic E-state index is 14.2. The highest BCUT2D eigenvalue weighted by atomic mass is 79.9. The van der Waals surface area contributed by atoms with Crippen LogP contribution < -0.4 is 0 Å². The minimum absolute atomic E-state index is 0.143. The van der Waals surface area contributed by atoms with E-state index in [0.29, 0.717) is 18.8 Å². The van der Waals surface area contributed by atoms with Gasteiger partial charge in [0.25, 0.3) is 0 Å². The molecule has 0 N–H and O–H groups in total. The number of nitrogens with zero attached hydrogens (tertiary/aromatic N) is 2. The molecule has 2 aromatic heterocycles. The molecule has 2 nitrogen and oxygen atoms in total. The lowest BCUT2D eigenvalue weighted by molar-refractivity contribution is 0.616. The smallest absolute Gasteiger partial charge is 0.156 e. The summed E-state index contributed by atoms with van der Waals surface area (Å²) in [6.07, 6.45) is 0. The molecule has 0 atom stereocenters. The Hall–Kier alpha value is -2.30. The number of thioether (sulfide) groups is 1. The summed E-state index contributed by atoms with van der Waals surface area (Å²) in [5.74, 6) is 1.25. The second-order valence-corrected chi connectivity index (χ2v) is 11.5. The van der Waals surface area contributed by atoms with Gasteiger partial charge in [-0.05, 0) is 51.3 Å². The predicted molar refractivity (Wildman–Crippen MR) is 162 cm³/mol. The molecule has 0 spiro atoms. The largest absolute Gasteiger partial charge is 0.245 e. The first-order valence-electron chi connectivity index (χ1n) is 11.1. The molecular weight excluding hydrogens is 610 g/mol. The number of hydrogen-bond donors (Lipinski definition) is 1. The van der Waals surface area contributed by atoms with Gasteiger partial charge in [-0.15, -0.1) is 34.4 Å². The van der Waals surface area contributed by atoms with Crippen LogP contribution in [-0.4, -0.2) is 9.97 Å². The van der Waals surface area contributed by atoms with Crippen LogP contribution in [-0.2, 0) is 11.5 Å². The Balaban J connectivity index is 0.000000143. The van der Waals surface area contributed by atoms with Crippen molar-refractivity contribution in [2.45, 2.75) is 16.4 Å². The summed E-state index contributed by atoms with van der Waals surface area (Å²) < 4.78 is 29.1. The molecule has 9 heteroatoms. The Bertz CT molecular complexity index is 1560. The van der Waals surface area contributed by atoms with Gasteiger partial charge in [0.15, 0.2) is 11.6 Å². The number of rotatable bonds is 4. The first-order valence-corrected chi connectivity index (χ1v) is 15.2. The van der Waals surface area contributed by atoms with Gasteiger partial charge >= 0.3 is 0 Å². The molecule has 188 valence electrons. The van der Waals surface area contributed by atoms with Crippen LogP contribution >= 0.6 is 63.0 Å². The highest BCUT2D eigenvalue weighted by molar-refractivity contribution is 9.10. The van der Waals surface area contributed by atoms with E-state index in [1.165, 1.54) is 45.6 Å². The van der Waals surface area contributed by atoms with Crippen molar-refractivity contribution in [3.63, 3.8) is 0 Å². The van der Waals surface area contributed by atoms with Crippen molar-refractivity contribution in [1.82, 2.24) is 9.97 Å². The molecule has 6 rings (SSSR count). The molecular formula is C28H21BrF2N2S4. The van der Waals surface area contributed by atoms with Gasteiger partial charge in [-0.3, -0.25) is 0 Å². The summed E-state index contributed by atoms with van der Waals surface area (Å²) in [7, 11) is 0. The number of thiazole rings is 2. The van der Waals surface area contributed by atoms with Crippen molar-refractivity contribution in [3.8, 4) is 0 Å². The van der Waals surface area contributed by atoms with E-state index in [-0.39, 0.29) is 11.6 Å². The van der Waals surface area contributed by atoms with Gasteiger partial charge in [-0.2, -0.15) is 12.6 Å². The Kier molecular flexibility index (Phi) is 10.5. The van der Waals surface area contributed by atoms with Crippen molar-refractivity contribution in [2.75, 3.05) is 0 Å². The van der Waals surface area contributed by atoms with Crippen molar-refractivity contribution < 1.29 is 8.78 Å². The average Bonchev–Trinajstić information content (AvgIpc) is 3.63. The second-order valence-electron chi connectivity index (χ2n) is 7.56. The van der Waals surface area contributed by atoms with Gasteiger partial charge in [0.05, 0.1) is 35.9 Å². The number of thiol groups is 1. The summed E-state index contributed by atoms with van der Waals surface area (Å²) >= 11 is 11.4. The molecule has 0 radical (unpaired) electrons. The number of fused-ring (bicyclic) bond motifs is 2. The van der Waals surface area contributed by atoms with Crippen molar-refractivity contribution >= 4 is 83.4 Å². The van der Waals surface area contributed by atoms with Gasteiger partial charge in [-0.25, -0.2) is 18.7 Å². The van der Waals surface area contributed by atoms with Crippen LogP contribution in [0.3, 0.4) is 0 Å². The highest BCUT2D eigenvalue weighted by Crippen LogP contribution is 2.32. The molecule has 2 heterocycles. The summed E-state index contributed by atoms with van der Waals surface area (Å²) in [5.41, 5.74) is 7.25. The molecule has 0 unspecified atom stereocenters. The highest BCUT2D eigenvalue weighted by Gasteiger charge is 2.10. The van der Waals surface area contributed by atoms with Crippen molar-refractivity contribution in [2.24, 2.45) is 0 Å². The zero-order valence-electron chi connectivity index (χ0n) is 19.4. The molecule has 37 heavy (non-hydrogen) atoms. The molecule has 0 aliphatic heterocycles. The molecule has 0 fully saturated rings. The Labute approximate surface area is 240 Å². The molecule has 0 saturated carbocycles. The maximum absolute atomic E-state index is 14.2. The lowest BCUT2D eigenvalue weighted by Crippen LogP contribution is -1.84. The summed E-state index contributed by atoms with van der Waals surface area (Å²) in [4.78, 5) is 8.78. The van der Waals surface area contributed by atoms with Crippen molar-refractivity contribution in [1.29, 1.82) is 0 Å². The monoisotopic (exact) mass is 630 g/mol. The number of halogens is 3. The van der Waals surface area contributed by atoms with Gasteiger partial charge in [-0.1, -0.05) is 60.7 Å². The van der Waals surface area contributed by atoms with Gasteiger partial charge < -0.3 is 0 Å². The van der Waals surface area contributed by atoms with E-state index in [2.05, 4.69) is 62.8 Å². The van der Waals surface area contributed by atoms with Gasteiger partial charge in [0, 0.05) is 16.4 Å². The van der Waals surface area contributed by atoms with E-state index >= 15 is 0 Å². The summed E-state index contributed by atoms with van der Waals surface area (Å²) in [6.45, 7) is 0. The quantitative estimate of drug-likeness (QED) is 0.155. The minimum atomic E-state index is -0.218. The van der Waals surface area contributed by atoms with Crippen LogP contribution in [0.25, 0.3) is 20.4 Å². The minimum Gasteiger partial charge on any atom is -0.245 e. The molecule has 0 bridgehead atoms. The molecule has 0 aliphatic carbocycles. The molecule has 0 saturated heterocycles. The third-order valence-corrected chi connectivity index (χ3v) is 8.81. The zero-order valence-corrected chi connectivity index (χ0v) is 24.3. The topological polar surface area (TPSA) is 25.8 Å². The molecule has 0 aliphatic rings. The van der Waals surface area contributed by atoms with E-state index in [1.807, 2.05) is 48.5 Å². The van der Waals surface area contributed by atoms with Gasteiger partial charge in [0.2, 0.25) is 0 Å². The second kappa shape index (κ2) is 14.0. The zero-order chi connectivity index (χ0) is 26.0. The third kappa shape index (κ3) is 7.61. The van der Waals surface area contributed by atoms with Crippen LogP contribution in [0.5, 0.6) is 0 Å². The van der Waals surface area contributed by atoms with E-state index in [4.69, 9.17) is 0 Å². The number of benzene rings is 4. The van der Waals surface area contributed by atoms with Crippen LogP contribution in [0.1, 0.15) is 11.1 Å². The van der Waals surface area contributed by atoms with Crippen LogP contribution in [0.4, 0.5) is 8.78 Å². The maximum Gasteiger partial charge on any atom is 0.156 e. The SMILES string of the molecule is Fc1c(Br)ccc2ncsc12.Fc1c(SCc2ccccc2)ccc2ncsc12.SCc1ccccc1. The third-order valence-electron chi connectivity index (χ3n) is 5.06. The first-order chi connectivity index (χ1) is 18.1. The predicted octanol–water partition coefficient (Wildman–Crippen LogP) is 10.0.